The molecule has 0 bridgehead atoms. The summed E-state index contributed by atoms with van der Waals surface area (Å²) in [5.74, 6) is 0.467. The minimum atomic E-state index is -0.137. The van der Waals surface area contributed by atoms with Crippen molar-refractivity contribution in [3.05, 3.63) is 74.0 Å². The number of nitrogens with zero attached hydrogens (tertiary/aromatic N) is 4. The summed E-state index contributed by atoms with van der Waals surface area (Å²) >= 11 is 7.57. The summed E-state index contributed by atoms with van der Waals surface area (Å²) in [6.45, 7) is 0. The molecule has 4 rings (SSSR count). The average Bonchev–Trinajstić information content (AvgIpc) is 3.17. The van der Waals surface area contributed by atoms with E-state index in [1.807, 2.05) is 67.5 Å². The van der Waals surface area contributed by atoms with E-state index in [2.05, 4.69) is 10.2 Å². The van der Waals surface area contributed by atoms with Crippen LogP contribution in [0.2, 0.25) is 5.02 Å². The van der Waals surface area contributed by atoms with Crippen LogP contribution < -0.4 is 15.0 Å². The first kappa shape index (κ1) is 16.8. The fourth-order valence-electron chi connectivity index (χ4n) is 2.70. The van der Waals surface area contributed by atoms with Crippen LogP contribution >= 0.6 is 22.9 Å². The summed E-state index contributed by atoms with van der Waals surface area (Å²) in [6, 6.07) is 15.3. The number of halogens is 1. The molecule has 0 unspecified atom stereocenters. The summed E-state index contributed by atoms with van der Waals surface area (Å²) in [7, 11) is 3.98. The van der Waals surface area contributed by atoms with Crippen LogP contribution in [0.1, 0.15) is 5.56 Å². The SMILES string of the molecule is CN(C)c1ccc(C=c2sc3nnc(-c4ccccc4Cl)n3c2=O)cc1. The Bertz CT molecular complexity index is 1190. The maximum Gasteiger partial charge on any atom is 0.276 e. The van der Waals surface area contributed by atoms with Crippen molar-refractivity contribution in [2.24, 2.45) is 0 Å². The van der Waals surface area contributed by atoms with Gasteiger partial charge in [0.05, 0.1) is 9.55 Å². The number of thiazole rings is 1. The first-order valence-corrected chi connectivity index (χ1v) is 9.16. The van der Waals surface area contributed by atoms with E-state index < -0.39 is 0 Å². The predicted molar refractivity (Wildman–Crippen MR) is 107 cm³/mol. The minimum Gasteiger partial charge on any atom is -0.378 e. The van der Waals surface area contributed by atoms with Crippen LogP contribution in [0.15, 0.2) is 53.3 Å². The van der Waals surface area contributed by atoms with E-state index in [4.69, 9.17) is 11.6 Å². The molecule has 0 aliphatic heterocycles. The van der Waals surface area contributed by atoms with Gasteiger partial charge < -0.3 is 4.90 Å². The van der Waals surface area contributed by atoms with Crippen LogP contribution in [0, 0.1) is 0 Å². The summed E-state index contributed by atoms with van der Waals surface area (Å²) < 4.78 is 2.13. The van der Waals surface area contributed by atoms with Gasteiger partial charge in [0.15, 0.2) is 5.82 Å². The molecule has 0 N–H and O–H groups in total. The number of benzene rings is 2. The zero-order valence-electron chi connectivity index (χ0n) is 14.2. The normalized spacial score (nSPS) is 12.0. The van der Waals surface area contributed by atoms with E-state index >= 15 is 0 Å². The molecule has 0 amide bonds. The molecule has 0 atom stereocenters. The standard InChI is InChI=1S/C19H15ClN4OS/c1-23(2)13-9-7-12(8-10-13)11-16-18(25)24-17(21-22-19(24)26-16)14-5-3-4-6-15(14)20/h3-11H,1-2H3. The second-order valence-corrected chi connectivity index (χ2v) is 7.44. The molecule has 2 aromatic heterocycles. The predicted octanol–water partition coefficient (Wildman–Crippen LogP) is 3.09. The fourth-order valence-corrected chi connectivity index (χ4v) is 3.83. The zero-order valence-corrected chi connectivity index (χ0v) is 15.8. The Balaban J connectivity index is 1.85. The van der Waals surface area contributed by atoms with Crippen molar-refractivity contribution >= 4 is 39.7 Å². The van der Waals surface area contributed by atoms with Crippen molar-refractivity contribution in [1.82, 2.24) is 14.6 Å². The second-order valence-electron chi connectivity index (χ2n) is 6.02. The van der Waals surface area contributed by atoms with E-state index in [-0.39, 0.29) is 5.56 Å². The maximum absolute atomic E-state index is 12.9. The van der Waals surface area contributed by atoms with Crippen molar-refractivity contribution in [3.8, 4) is 11.4 Å². The molecule has 2 heterocycles. The summed E-state index contributed by atoms with van der Waals surface area (Å²) in [6.07, 6.45) is 1.87. The molecular weight excluding hydrogens is 368 g/mol. The van der Waals surface area contributed by atoms with Crippen LogP contribution in [0.5, 0.6) is 0 Å². The Morgan fingerprint density at radius 1 is 1.08 bits per heavy atom. The second kappa shape index (κ2) is 6.55. The van der Waals surface area contributed by atoms with Gasteiger partial charge in [0.2, 0.25) is 4.96 Å². The molecule has 5 nitrogen and oxygen atoms in total. The van der Waals surface area contributed by atoms with E-state index in [0.717, 1.165) is 11.3 Å². The Morgan fingerprint density at radius 3 is 2.50 bits per heavy atom. The molecule has 0 fully saturated rings. The van der Waals surface area contributed by atoms with Gasteiger partial charge in [-0.3, -0.25) is 4.79 Å². The number of fused-ring (bicyclic) bond motifs is 1. The number of aromatic nitrogens is 3. The zero-order chi connectivity index (χ0) is 18.3. The highest BCUT2D eigenvalue weighted by Crippen LogP contribution is 2.26. The highest BCUT2D eigenvalue weighted by Gasteiger charge is 2.15. The summed E-state index contributed by atoms with van der Waals surface area (Å²) in [4.78, 5) is 15.5. The van der Waals surface area contributed by atoms with Crippen LogP contribution in [-0.4, -0.2) is 28.7 Å². The van der Waals surface area contributed by atoms with Gasteiger partial charge in [-0.2, -0.15) is 0 Å². The van der Waals surface area contributed by atoms with Gasteiger partial charge in [-0.05, 0) is 35.9 Å². The molecule has 0 saturated carbocycles. The Hall–Kier alpha value is -2.70. The van der Waals surface area contributed by atoms with Gasteiger partial charge >= 0.3 is 0 Å². The quantitative estimate of drug-likeness (QED) is 0.546. The highest BCUT2D eigenvalue weighted by atomic mass is 35.5. The van der Waals surface area contributed by atoms with Crippen LogP contribution in [0.4, 0.5) is 5.69 Å². The lowest BCUT2D eigenvalue weighted by Gasteiger charge is -2.11. The summed E-state index contributed by atoms with van der Waals surface area (Å²) in [5, 5.41) is 8.83. The first-order chi connectivity index (χ1) is 12.5. The lowest BCUT2D eigenvalue weighted by molar-refractivity contribution is 1.09. The Morgan fingerprint density at radius 2 is 1.81 bits per heavy atom. The van der Waals surface area contributed by atoms with Gasteiger partial charge in [0.1, 0.15) is 0 Å². The van der Waals surface area contributed by atoms with E-state index in [9.17, 15) is 4.79 Å². The summed E-state index contributed by atoms with van der Waals surface area (Å²) in [5.41, 5.74) is 2.63. The van der Waals surface area contributed by atoms with Gasteiger partial charge in [0, 0.05) is 25.3 Å². The molecular formula is C19H15ClN4OS. The molecule has 0 aliphatic carbocycles. The van der Waals surface area contributed by atoms with Gasteiger partial charge in [-0.25, -0.2) is 4.40 Å². The third kappa shape index (κ3) is 2.87. The number of hydrogen-bond donors (Lipinski definition) is 0. The molecule has 0 radical (unpaired) electrons. The number of hydrogen-bond acceptors (Lipinski definition) is 5. The van der Waals surface area contributed by atoms with Crippen molar-refractivity contribution in [2.75, 3.05) is 19.0 Å². The molecule has 0 saturated heterocycles. The lowest BCUT2D eigenvalue weighted by atomic mass is 10.2. The smallest absolute Gasteiger partial charge is 0.276 e. The Labute approximate surface area is 158 Å². The highest BCUT2D eigenvalue weighted by molar-refractivity contribution is 7.15. The van der Waals surface area contributed by atoms with Crippen LogP contribution in [0.3, 0.4) is 0 Å². The van der Waals surface area contributed by atoms with Crippen molar-refractivity contribution in [1.29, 1.82) is 0 Å². The average molecular weight is 383 g/mol. The molecule has 4 aromatic rings. The molecule has 0 spiro atoms. The van der Waals surface area contributed by atoms with E-state index in [1.54, 1.807) is 6.07 Å². The van der Waals surface area contributed by atoms with Crippen LogP contribution in [0.25, 0.3) is 22.4 Å². The molecule has 130 valence electrons. The van der Waals surface area contributed by atoms with Crippen molar-refractivity contribution in [2.45, 2.75) is 0 Å². The molecule has 26 heavy (non-hydrogen) atoms. The number of anilines is 1. The molecule has 0 aliphatic rings. The van der Waals surface area contributed by atoms with Crippen LogP contribution in [-0.2, 0) is 0 Å². The molecule has 2 aromatic carbocycles. The Kier molecular flexibility index (Phi) is 4.22. The van der Waals surface area contributed by atoms with Crippen molar-refractivity contribution in [3.63, 3.8) is 0 Å². The van der Waals surface area contributed by atoms with Gasteiger partial charge in [0.25, 0.3) is 5.56 Å². The molecule has 7 heteroatoms. The largest absolute Gasteiger partial charge is 0.378 e. The van der Waals surface area contributed by atoms with E-state index in [1.165, 1.54) is 15.7 Å². The van der Waals surface area contributed by atoms with E-state index in [0.29, 0.717) is 25.9 Å². The minimum absolute atomic E-state index is 0.137. The van der Waals surface area contributed by atoms with Gasteiger partial charge in [-0.1, -0.05) is 47.2 Å². The number of rotatable bonds is 3. The fraction of sp³-hybridized carbons (Fsp3) is 0.105. The monoisotopic (exact) mass is 382 g/mol. The third-order valence-electron chi connectivity index (χ3n) is 4.07. The first-order valence-electron chi connectivity index (χ1n) is 7.96. The maximum atomic E-state index is 12.9. The van der Waals surface area contributed by atoms with Crippen molar-refractivity contribution < 1.29 is 0 Å². The lowest BCUT2D eigenvalue weighted by Crippen LogP contribution is -2.23. The van der Waals surface area contributed by atoms with Gasteiger partial charge in [-0.15, -0.1) is 10.2 Å². The third-order valence-corrected chi connectivity index (χ3v) is 5.36. The topological polar surface area (TPSA) is 50.5 Å².